The molecule has 4 rings (SSSR count). The molecule has 24 heavy (non-hydrogen) atoms. The summed E-state index contributed by atoms with van der Waals surface area (Å²) in [5.74, 6) is 3.49. The first-order valence-electron chi connectivity index (χ1n) is 9.37. The normalized spacial score (nSPS) is 35.5. The van der Waals surface area contributed by atoms with Gasteiger partial charge in [-0.05, 0) is 57.3 Å². The van der Waals surface area contributed by atoms with Gasteiger partial charge >= 0.3 is 5.97 Å². The van der Waals surface area contributed by atoms with Gasteiger partial charge in [0.1, 0.15) is 0 Å². The van der Waals surface area contributed by atoms with Gasteiger partial charge in [0, 0.05) is 17.5 Å². The molecule has 0 aromatic heterocycles. The second-order valence-corrected chi connectivity index (χ2v) is 10.8. The van der Waals surface area contributed by atoms with Crippen molar-refractivity contribution in [3.8, 4) is 0 Å². The van der Waals surface area contributed by atoms with Crippen molar-refractivity contribution in [1.82, 2.24) is 5.32 Å². The Morgan fingerprint density at radius 1 is 1.08 bits per heavy atom. The van der Waals surface area contributed by atoms with E-state index in [1.807, 2.05) is 0 Å². The van der Waals surface area contributed by atoms with E-state index >= 15 is 0 Å². The lowest BCUT2D eigenvalue weighted by atomic mass is 9.67. The second-order valence-electron chi connectivity index (χ2n) is 7.77. The van der Waals surface area contributed by atoms with Crippen LogP contribution in [0.1, 0.15) is 51.9 Å². The van der Waals surface area contributed by atoms with Crippen molar-refractivity contribution in [2.24, 2.45) is 17.8 Å². The zero-order valence-corrected chi connectivity index (χ0v) is 15.9. The van der Waals surface area contributed by atoms with E-state index in [9.17, 15) is 9.59 Å². The zero-order valence-electron chi connectivity index (χ0n) is 14.3. The fourth-order valence-electron chi connectivity index (χ4n) is 4.67. The molecule has 3 saturated carbocycles. The maximum atomic E-state index is 12.6. The van der Waals surface area contributed by atoms with Crippen LogP contribution in [0.3, 0.4) is 0 Å². The molecule has 3 aliphatic carbocycles. The minimum absolute atomic E-state index is 0.0103. The minimum atomic E-state index is -0.663. The molecule has 1 amide bonds. The number of nitrogens with one attached hydrogen (secondary N) is 1. The average molecular weight is 370 g/mol. The lowest BCUT2D eigenvalue weighted by Crippen LogP contribution is -2.48. The standard InChI is InChI=1S/C18H27NO3S2/c1-11(16(20)19-15-5-6-15)22-17(21)12-9-13-3-2-4-14(10-12)18(13)23-7-8-24-18/h11-15H,2-10H2,1H3,(H,19,20)/t11-,12?,13-,14+/m1/s1. The van der Waals surface area contributed by atoms with Gasteiger partial charge < -0.3 is 10.1 Å². The molecule has 0 aromatic carbocycles. The molecule has 1 unspecified atom stereocenters. The molecule has 4 aliphatic rings. The molecular weight excluding hydrogens is 342 g/mol. The van der Waals surface area contributed by atoms with E-state index in [0.29, 0.717) is 22.0 Å². The van der Waals surface area contributed by atoms with E-state index in [-0.39, 0.29) is 17.8 Å². The van der Waals surface area contributed by atoms with E-state index in [2.05, 4.69) is 28.8 Å². The largest absolute Gasteiger partial charge is 0.452 e. The van der Waals surface area contributed by atoms with Crippen LogP contribution in [0, 0.1) is 17.8 Å². The molecule has 4 atom stereocenters. The molecule has 1 heterocycles. The van der Waals surface area contributed by atoms with Crippen molar-refractivity contribution in [3.63, 3.8) is 0 Å². The summed E-state index contributed by atoms with van der Waals surface area (Å²) in [5, 5.41) is 2.92. The third-order valence-electron chi connectivity index (χ3n) is 6.04. The van der Waals surface area contributed by atoms with Crippen molar-refractivity contribution >= 4 is 35.4 Å². The van der Waals surface area contributed by atoms with Gasteiger partial charge in [-0.1, -0.05) is 6.42 Å². The SMILES string of the molecule is C[C@@H](OC(=O)C1C[C@H]2CCC[C@@H](C1)C21SCCS1)C(=O)NC1CC1. The van der Waals surface area contributed by atoms with Crippen molar-refractivity contribution < 1.29 is 14.3 Å². The number of esters is 1. The number of amides is 1. The Morgan fingerprint density at radius 3 is 2.29 bits per heavy atom. The maximum Gasteiger partial charge on any atom is 0.309 e. The number of rotatable bonds is 4. The highest BCUT2D eigenvalue weighted by Crippen LogP contribution is 2.64. The molecule has 1 N–H and O–H groups in total. The average Bonchev–Trinajstić information content (AvgIpc) is 3.23. The Kier molecular flexibility index (Phi) is 4.80. The van der Waals surface area contributed by atoms with Crippen LogP contribution in [0.4, 0.5) is 0 Å². The second kappa shape index (κ2) is 6.75. The highest BCUT2D eigenvalue weighted by atomic mass is 32.2. The van der Waals surface area contributed by atoms with Crippen LogP contribution in [0.15, 0.2) is 0 Å². The van der Waals surface area contributed by atoms with Crippen molar-refractivity contribution in [1.29, 1.82) is 0 Å². The fourth-order valence-corrected chi connectivity index (χ4v) is 8.61. The number of carbonyl (C=O) groups is 2. The van der Waals surface area contributed by atoms with Crippen LogP contribution < -0.4 is 5.32 Å². The van der Waals surface area contributed by atoms with Crippen molar-refractivity contribution in [2.75, 3.05) is 11.5 Å². The van der Waals surface area contributed by atoms with Gasteiger partial charge in [0.05, 0.1) is 10.00 Å². The van der Waals surface area contributed by atoms with E-state index in [4.69, 9.17) is 4.74 Å². The van der Waals surface area contributed by atoms with E-state index in [1.54, 1.807) is 6.92 Å². The van der Waals surface area contributed by atoms with Crippen LogP contribution in [-0.2, 0) is 14.3 Å². The molecule has 0 radical (unpaired) electrons. The smallest absolute Gasteiger partial charge is 0.309 e. The summed E-state index contributed by atoms with van der Waals surface area (Å²) in [6.07, 6.45) is 7.14. The van der Waals surface area contributed by atoms with E-state index in [0.717, 1.165) is 25.7 Å². The summed E-state index contributed by atoms with van der Waals surface area (Å²) in [6.45, 7) is 1.70. The lowest BCUT2D eigenvalue weighted by Gasteiger charge is -2.51. The van der Waals surface area contributed by atoms with E-state index in [1.165, 1.54) is 30.8 Å². The van der Waals surface area contributed by atoms with Crippen LogP contribution in [-0.4, -0.2) is 39.6 Å². The molecular formula is C18H27NO3S2. The first-order chi connectivity index (χ1) is 11.6. The summed E-state index contributed by atoms with van der Waals surface area (Å²) in [5.41, 5.74) is 0. The summed E-state index contributed by atoms with van der Waals surface area (Å²) in [7, 11) is 0. The van der Waals surface area contributed by atoms with E-state index < -0.39 is 6.10 Å². The Balaban J connectivity index is 1.36. The predicted molar refractivity (Wildman–Crippen MR) is 97.9 cm³/mol. The predicted octanol–water partition coefficient (Wildman–Crippen LogP) is 3.20. The number of hydrogen-bond acceptors (Lipinski definition) is 5. The van der Waals surface area contributed by atoms with Crippen LogP contribution >= 0.6 is 23.5 Å². The van der Waals surface area contributed by atoms with Crippen LogP contribution in [0.25, 0.3) is 0 Å². The monoisotopic (exact) mass is 369 g/mol. The molecule has 1 saturated heterocycles. The topological polar surface area (TPSA) is 55.4 Å². The molecule has 0 aromatic rings. The fraction of sp³-hybridized carbons (Fsp3) is 0.889. The summed E-state index contributed by atoms with van der Waals surface area (Å²) in [4.78, 5) is 24.6. The van der Waals surface area contributed by atoms with Gasteiger partial charge in [-0.25, -0.2) is 0 Å². The van der Waals surface area contributed by atoms with Gasteiger partial charge in [-0.15, -0.1) is 23.5 Å². The molecule has 2 bridgehead atoms. The third-order valence-corrected chi connectivity index (χ3v) is 10.1. The maximum absolute atomic E-state index is 12.6. The number of carbonyl (C=O) groups excluding carboxylic acids is 2. The zero-order chi connectivity index (χ0) is 16.7. The van der Waals surface area contributed by atoms with Gasteiger partial charge in [0.15, 0.2) is 6.10 Å². The Bertz CT molecular complexity index is 500. The number of hydrogen-bond donors (Lipinski definition) is 1. The first kappa shape index (κ1) is 17.1. The number of ether oxygens (including phenoxy) is 1. The molecule has 6 heteroatoms. The molecule has 4 fully saturated rings. The Labute approximate surface area is 152 Å². The van der Waals surface area contributed by atoms with Crippen molar-refractivity contribution in [3.05, 3.63) is 0 Å². The van der Waals surface area contributed by atoms with Crippen LogP contribution in [0.5, 0.6) is 0 Å². The van der Waals surface area contributed by atoms with Crippen LogP contribution in [0.2, 0.25) is 0 Å². The van der Waals surface area contributed by atoms with Gasteiger partial charge in [-0.2, -0.15) is 0 Å². The summed E-state index contributed by atoms with van der Waals surface area (Å²) < 4.78 is 5.91. The lowest BCUT2D eigenvalue weighted by molar-refractivity contribution is -0.161. The minimum Gasteiger partial charge on any atom is -0.452 e. The summed E-state index contributed by atoms with van der Waals surface area (Å²) in [6, 6.07) is 0.309. The molecule has 134 valence electrons. The Hall–Kier alpha value is -0.360. The Morgan fingerprint density at radius 2 is 1.71 bits per heavy atom. The number of thioether (sulfide) groups is 2. The quantitative estimate of drug-likeness (QED) is 0.771. The first-order valence-corrected chi connectivity index (χ1v) is 11.3. The highest BCUT2D eigenvalue weighted by molar-refractivity contribution is 8.21. The van der Waals surface area contributed by atoms with Crippen molar-refractivity contribution in [2.45, 2.75) is 68.1 Å². The molecule has 1 aliphatic heterocycles. The van der Waals surface area contributed by atoms with Gasteiger partial charge in [0.25, 0.3) is 5.91 Å². The van der Waals surface area contributed by atoms with Gasteiger partial charge in [-0.3, -0.25) is 9.59 Å². The van der Waals surface area contributed by atoms with Gasteiger partial charge in [0.2, 0.25) is 0 Å². The summed E-state index contributed by atoms with van der Waals surface area (Å²) >= 11 is 4.30. The third kappa shape index (κ3) is 3.20. The molecule has 4 nitrogen and oxygen atoms in total. The highest BCUT2D eigenvalue weighted by Gasteiger charge is 2.55. The molecule has 1 spiro atoms.